The molecule has 0 saturated carbocycles. The standard InChI is InChI=1S/C21H24N4O2/c1-21(20(23)27,12-14-7-3-2-4-8-14)25-19(26)17(22)11-15-13-24-18-10-6-5-9-16(15)18/h2-10,13,17,24H,11-12,22H2,1H3,(H2,23,27)(H,25,26)/t17-,21?/m0/s1. The van der Waals surface area contributed by atoms with E-state index in [0.29, 0.717) is 12.8 Å². The maximum absolute atomic E-state index is 12.7. The highest BCUT2D eigenvalue weighted by atomic mass is 16.2. The number of nitrogens with two attached hydrogens (primary N) is 2. The summed E-state index contributed by atoms with van der Waals surface area (Å²) in [5, 5.41) is 3.78. The third kappa shape index (κ3) is 4.17. The number of primary amides is 1. The van der Waals surface area contributed by atoms with Gasteiger partial charge in [0.25, 0.3) is 0 Å². The monoisotopic (exact) mass is 364 g/mol. The number of aromatic amines is 1. The molecule has 140 valence electrons. The molecular formula is C21H24N4O2. The van der Waals surface area contributed by atoms with Crippen LogP contribution in [0.5, 0.6) is 0 Å². The van der Waals surface area contributed by atoms with Crippen molar-refractivity contribution in [3.63, 3.8) is 0 Å². The van der Waals surface area contributed by atoms with Gasteiger partial charge < -0.3 is 21.8 Å². The summed E-state index contributed by atoms with van der Waals surface area (Å²) in [6.45, 7) is 1.62. The van der Waals surface area contributed by atoms with Crippen LogP contribution >= 0.6 is 0 Å². The number of fused-ring (bicyclic) bond motifs is 1. The molecule has 6 nitrogen and oxygen atoms in total. The number of hydrogen-bond acceptors (Lipinski definition) is 3. The van der Waals surface area contributed by atoms with Crippen LogP contribution in [0.2, 0.25) is 0 Å². The van der Waals surface area contributed by atoms with Crippen molar-refractivity contribution in [3.05, 3.63) is 71.9 Å². The SMILES string of the molecule is CC(Cc1ccccc1)(NC(=O)[C@@H](N)Cc1c[nH]c2ccccc12)C(N)=O. The number of amides is 2. The lowest BCUT2D eigenvalue weighted by Gasteiger charge is -2.29. The van der Waals surface area contributed by atoms with Gasteiger partial charge in [0.05, 0.1) is 6.04 Å². The molecule has 2 atom stereocenters. The number of carbonyl (C=O) groups excluding carboxylic acids is 2. The lowest BCUT2D eigenvalue weighted by Crippen LogP contribution is -2.60. The zero-order valence-electron chi connectivity index (χ0n) is 15.2. The number of hydrogen-bond donors (Lipinski definition) is 4. The Morgan fingerprint density at radius 2 is 1.78 bits per heavy atom. The minimum Gasteiger partial charge on any atom is -0.368 e. The maximum atomic E-state index is 12.7. The molecule has 0 spiro atoms. The van der Waals surface area contributed by atoms with Crippen LogP contribution in [0.3, 0.4) is 0 Å². The van der Waals surface area contributed by atoms with Gasteiger partial charge in [-0.15, -0.1) is 0 Å². The highest BCUT2D eigenvalue weighted by molar-refractivity contribution is 5.92. The van der Waals surface area contributed by atoms with E-state index in [0.717, 1.165) is 22.0 Å². The largest absolute Gasteiger partial charge is 0.368 e. The second-order valence-electron chi connectivity index (χ2n) is 7.02. The van der Waals surface area contributed by atoms with Crippen molar-refractivity contribution >= 4 is 22.7 Å². The number of benzene rings is 2. The fourth-order valence-electron chi connectivity index (χ4n) is 3.19. The predicted octanol–water partition coefficient (Wildman–Crippen LogP) is 1.64. The van der Waals surface area contributed by atoms with Crippen LogP contribution < -0.4 is 16.8 Å². The first-order valence-corrected chi connectivity index (χ1v) is 8.85. The van der Waals surface area contributed by atoms with Gasteiger partial charge in [-0.1, -0.05) is 48.5 Å². The van der Waals surface area contributed by atoms with Gasteiger partial charge in [-0.2, -0.15) is 0 Å². The summed E-state index contributed by atoms with van der Waals surface area (Å²) in [6, 6.07) is 16.5. The Kier molecular flexibility index (Phi) is 5.28. The second kappa shape index (κ2) is 7.63. The molecule has 0 radical (unpaired) electrons. The molecule has 0 saturated heterocycles. The lowest BCUT2D eigenvalue weighted by atomic mass is 9.91. The summed E-state index contributed by atoms with van der Waals surface area (Å²) in [4.78, 5) is 27.9. The Morgan fingerprint density at radius 3 is 2.48 bits per heavy atom. The van der Waals surface area contributed by atoms with Crippen molar-refractivity contribution in [1.29, 1.82) is 0 Å². The van der Waals surface area contributed by atoms with E-state index in [-0.39, 0.29) is 0 Å². The molecule has 2 aromatic carbocycles. The minimum atomic E-state index is -1.21. The number of carbonyl (C=O) groups is 2. The van der Waals surface area contributed by atoms with Crippen LogP contribution in [0.4, 0.5) is 0 Å². The first kappa shape index (κ1) is 18.7. The van der Waals surface area contributed by atoms with Crippen LogP contribution in [0, 0.1) is 0 Å². The van der Waals surface area contributed by atoms with Crippen LogP contribution in [-0.2, 0) is 22.4 Å². The fraction of sp³-hybridized carbons (Fsp3) is 0.238. The summed E-state index contributed by atoms with van der Waals surface area (Å²) >= 11 is 0. The molecule has 6 N–H and O–H groups in total. The lowest BCUT2D eigenvalue weighted by molar-refractivity contribution is -0.131. The molecule has 6 heteroatoms. The first-order valence-electron chi connectivity index (χ1n) is 8.85. The van der Waals surface area contributed by atoms with Gasteiger partial charge in [-0.05, 0) is 30.5 Å². The molecular weight excluding hydrogens is 340 g/mol. The van der Waals surface area contributed by atoms with Gasteiger partial charge in [0.1, 0.15) is 5.54 Å². The average Bonchev–Trinajstić information content (AvgIpc) is 3.05. The average molecular weight is 364 g/mol. The predicted molar refractivity (Wildman–Crippen MR) is 106 cm³/mol. The van der Waals surface area contributed by atoms with E-state index in [9.17, 15) is 9.59 Å². The Morgan fingerprint density at radius 1 is 1.11 bits per heavy atom. The Bertz CT molecular complexity index is 951. The van der Waals surface area contributed by atoms with Crippen molar-refractivity contribution < 1.29 is 9.59 Å². The van der Waals surface area contributed by atoms with E-state index in [1.165, 1.54) is 0 Å². The topological polar surface area (TPSA) is 114 Å². The smallest absolute Gasteiger partial charge is 0.243 e. The molecule has 0 fully saturated rings. The van der Waals surface area contributed by atoms with E-state index in [2.05, 4.69) is 10.3 Å². The highest BCUT2D eigenvalue weighted by Crippen LogP contribution is 2.19. The zero-order valence-corrected chi connectivity index (χ0v) is 15.2. The third-order valence-corrected chi connectivity index (χ3v) is 4.79. The van der Waals surface area contributed by atoms with E-state index in [1.54, 1.807) is 6.92 Å². The Labute approximate surface area is 157 Å². The summed E-state index contributed by atoms with van der Waals surface area (Å²) in [5.74, 6) is -1.00. The Hall–Kier alpha value is -3.12. The van der Waals surface area contributed by atoms with Crippen molar-refractivity contribution in [1.82, 2.24) is 10.3 Å². The van der Waals surface area contributed by atoms with Crippen LogP contribution in [0.15, 0.2) is 60.8 Å². The molecule has 1 aromatic heterocycles. The van der Waals surface area contributed by atoms with Gasteiger partial charge in [-0.3, -0.25) is 9.59 Å². The van der Waals surface area contributed by atoms with Crippen LogP contribution in [0.25, 0.3) is 10.9 Å². The molecule has 1 heterocycles. The van der Waals surface area contributed by atoms with Gasteiger partial charge in [0.15, 0.2) is 0 Å². The summed E-state index contributed by atoms with van der Waals surface area (Å²) in [5.41, 5.74) is 13.3. The molecule has 3 rings (SSSR count). The number of rotatable bonds is 7. The maximum Gasteiger partial charge on any atom is 0.243 e. The summed E-state index contributed by atoms with van der Waals surface area (Å²) in [6.07, 6.45) is 2.51. The summed E-state index contributed by atoms with van der Waals surface area (Å²) < 4.78 is 0. The minimum absolute atomic E-state index is 0.300. The third-order valence-electron chi connectivity index (χ3n) is 4.79. The summed E-state index contributed by atoms with van der Waals surface area (Å²) in [7, 11) is 0. The molecule has 2 amide bonds. The molecule has 0 aliphatic rings. The van der Waals surface area contributed by atoms with Gasteiger partial charge in [0.2, 0.25) is 11.8 Å². The first-order chi connectivity index (χ1) is 12.9. The van der Waals surface area contributed by atoms with Gasteiger partial charge >= 0.3 is 0 Å². The molecule has 3 aromatic rings. The van der Waals surface area contributed by atoms with E-state index >= 15 is 0 Å². The van der Waals surface area contributed by atoms with E-state index < -0.39 is 23.4 Å². The number of nitrogens with one attached hydrogen (secondary N) is 2. The molecule has 1 unspecified atom stereocenters. The number of H-pyrrole nitrogens is 1. The van der Waals surface area contributed by atoms with Crippen LogP contribution in [-0.4, -0.2) is 28.4 Å². The van der Waals surface area contributed by atoms with Crippen LogP contribution in [0.1, 0.15) is 18.1 Å². The molecule has 0 bridgehead atoms. The molecule has 0 aliphatic carbocycles. The van der Waals surface area contributed by atoms with Crippen molar-refractivity contribution in [3.8, 4) is 0 Å². The highest BCUT2D eigenvalue weighted by Gasteiger charge is 2.34. The van der Waals surface area contributed by atoms with E-state index in [4.69, 9.17) is 11.5 Å². The van der Waals surface area contributed by atoms with Gasteiger partial charge in [0, 0.05) is 23.5 Å². The second-order valence-corrected chi connectivity index (χ2v) is 7.02. The fourth-order valence-corrected chi connectivity index (χ4v) is 3.19. The van der Waals surface area contributed by atoms with E-state index in [1.807, 2.05) is 60.8 Å². The number of aromatic nitrogens is 1. The van der Waals surface area contributed by atoms with Crippen molar-refractivity contribution in [2.45, 2.75) is 31.3 Å². The Balaban J connectivity index is 1.72. The molecule has 0 aliphatic heterocycles. The normalized spacial score (nSPS) is 14.4. The quantitative estimate of drug-likeness (QED) is 0.511. The van der Waals surface area contributed by atoms with Gasteiger partial charge in [-0.25, -0.2) is 0 Å². The van der Waals surface area contributed by atoms with Crippen molar-refractivity contribution in [2.75, 3.05) is 0 Å². The zero-order chi connectivity index (χ0) is 19.4. The molecule has 27 heavy (non-hydrogen) atoms. The number of para-hydroxylation sites is 1. The van der Waals surface area contributed by atoms with Crippen molar-refractivity contribution in [2.24, 2.45) is 11.5 Å².